The third-order valence-electron chi connectivity index (χ3n) is 4.22. The third kappa shape index (κ3) is 4.74. The highest BCUT2D eigenvalue weighted by Gasteiger charge is 2.15. The summed E-state index contributed by atoms with van der Waals surface area (Å²) >= 11 is 0. The zero-order chi connectivity index (χ0) is 20.8. The zero-order valence-corrected chi connectivity index (χ0v) is 16.9. The van der Waals surface area contributed by atoms with Crippen molar-refractivity contribution in [3.8, 4) is 11.5 Å². The number of benzene rings is 1. The first-order valence-electron chi connectivity index (χ1n) is 9.72. The van der Waals surface area contributed by atoms with Crippen molar-refractivity contribution in [2.45, 2.75) is 33.6 Å². The van der Waals surface area contributed by atoms with Crippen molar-refractivity contribution >= 4 is 17.2 Å². The molecule has 2 heterocycles. The summed E-state index contributed by atoms with van der Waals surface area (Å²) in [7, 11) is 0. The van der Waals surface area contributed by atoms with Crippen molar-refractivity contribution in [2.75, 3.05) is 18.5 Å². The topological polar surface area (TPSA) is 81.9 Å². The molecule has 0 aliphatic heterocycles. The molecule has 152 valence electrons. The Labute approximate surface area is 169 Å². The van der Waals surface area contributed by atoms with E-state index < -0.39 is 11.5 Å². The van der Waals surface area contributed by atoms with Crippen LogP contribution in [-0.2, 0) is 0 Å². The van der Waals surface area contributed by atoms with Crippen LogP contribution in [0.25, 0.3) is 5.65 Å². The number of fused-ring (bicyclic) bond motifs is 1. The van der Waals surface area contributed by atoms with E-state index in [2.05, 4.69) is 10.3 Å². The van der Waals surface area contributed by atoms with E-state index in [1.165, 1.54) is 10.6 Å². The number of amides is 1. The van der Waals surface area contributed by atoms with E-state index in [1.807, 2.05) is 26.8 Å². The Bertz CT molecular complexity index is 1080. The summed E-state index contributed by atoms with van der Waals surface area (Å²) in [6, 6.07) is 8.78. The van der Waals surface area contributed by atoms with Crippen molar-refractivity contribution in [1.29, 1.82) is 0 Å². The van der Waals surface area contributed by atoms with Gasteiger partial charge < -0.3 is 14.8 Å². The van der Waals surface area contributed by atoms with Crippen LogP contribution in [0.4, 0.5) is 5.69 Å². The minimum atomic E-state index is -0.526. The summed E-state index contributed by atoms with van der Waals surface area (Å²) < 4.78 is 12.8. The first kappa shape index (κ1) is 20.4. The fourth-order valence-corrected chi connectivity index (χ4v) is 2.78. The molecule has 0 atom stereocenters. The molecule has 0 saturated carbocycles. The second-order valence-electron chi connectivity index (χ2n) is 6.72. The predicted molar refractivity (Wildman–Crippen MR) is 112 cm³/mol. The molecule has 0 spiro atoms. The number of anilines is 1. The number of hydrogen-bond acceptors (Lipinski definition) is 5. The number of nitrogens with zero attached hydrogens (tertiary/aromatic N) is 2. The Morgan fingerprint density at radius 1 is 1.07 bits per heavy atom. The van der Waals surface area contributed by atoms with E-state index in [1.54, 1.807) is 30.5 Å². The standard InChI is InChI=1S/C22H25N3O4/c1-4-10-28-18-8-7-16(12-19(18)29-11-5-2)24-21(26)17-13-23-20-9-6-15(3)14-25(20)22(17)27/h6-9,12-14H,4-5,10-11H2,1-3H3,(H,24,26). The lowest BCUT2D eigenvalue weighted by atomic mass is 10.2. The van der Waals surface area contributed by atoms with Crippen LogP contribution < -0.4 is 20.3 Å². The number of ether oxygens (including phenoxy) is 2. The van der Waals surface area contributed by atoms with E-state index >= 15 is 0 Å². The molecule has 2 aromatic heterocycles. The lowest BCUT2D eigenvalue weighted by Gasteiger charge is -2.14. The van der Waals surface area contributed by atoms with Crippen LogP contribution in [0.2, 0.25) is 0 Å². The van der Waals surface area contributed by atoms with Gasteiger partial charge in [-0.05, 0) is 43.5 Å². The third-order valence-corrected chi connectivity index (χ3v) is 4.22. The molecule has 29 heavy (non-hydrogen) atoms. The molecule has 1 N–H and O–H groups in total. The van der Waals surface area contributed by atoms with Gasteiger partial charge in [-0.25, -0.2) is 4.98 Å². The van der Waals surface area contributed by atoms with Gasteiger partial charge in [-0.3, -0.25) is 14.0 Å². The smallest absolute Gasteiger partial charge is 0.270 e. The van der Waals surface area contributed by atoms with Gasteiger partial charge >= 0.3 is 0 Å². The number of nitrogens with one attached hydrogen (secondary N) is 1. The Morgan fingerprint density at radius 2 is 1.79 bits per heavy atom. The van der Waals surface area contributed by atoms with Crippen molar-refractivity contribution < 1.29 is 14.3 Å². The van der Waals surface area contributed by atoms with Crippen LogP contribution in [-0.4, -0.2) is 28.5 Å². The van der Waals surface area contributed by atoms with Gasteiger partial charge in [0.15, 0.2) is 11.5 Å². The molecule has 0 aliphatic rings. The van der Waals surface area contributed by atoms with Gasteiger partial charge in [0.2, 0.25) is 0 Å². The van der Waals surface area contributed by atoms with Crippen LogP contribution in [0, 0.1) is 6.92 Å². The molecule has 0 fully saturated rings. The number of carbonyl (C=O) groups excluding carboxylic acids is 1. The van der Waals surface area contributed by atoms with Gasteiger partial charge in [-0.1, -0.05) is 19.9 Å². The van der Waals surface area contributed by atoms with Crippen molar-refractivity contribution in [3.05, 3.63) is 64.2 Å². The monoisotopic (exact) mass is 395 g/mol. The highest BCUT2D eigenvalue weighted by atomic mass is 16.5. The predicted octanol–water partition coefficient (Wildman–Crippen LogP) is 3.83. The molecular weight excluding hydrogens is 370 g/mol. The molecule has 0 aliphatic carbocycles. The van der Waals surface area contributed by atoms with Crippen LogP contribution in [0.15, 0.2) is 47.5 Å². The quantitative estimate of drug-likeness (QED) is 0.627. The van der Waals surface area contributed by atoms with Crippen LogP contribution in [0.5, 0.6) is 11.5 Å². The lowest BCUT2D eigenvalue weighted by Crippen LogP contribution is -2.26. The molecule has 1 aromatic carbocycles. The SMILES string of the molecule is CCCOc1ccc(NC(=O)c2cnc3ccc(C)cn3c2=O)cc1OCCC. The second kappa shape index (κ2) is 9.23. The largest absolute Gasteiger partial charge is 0.490 e. The molecule has 0 unspecified atom stereocenters. The summed E-state index contributed by atoms with van der Waals surface area (Å²) in [4.78, 5) is 29.6. The van der Waals surface area contributed by atoms with E-state index in [-0.39, 0.29) is 5.56 Å². The van der Waals surface area contributed by atoms with E-state index in [9.17, 15) is 9.59 Å². The number of hydrogen-bond donors (Lipinski definition) is 1. The Balaban J connectivity index is 1.87. The van der Waals surface area contributed by atoms with Gasteiger partial charge in [0.05, 0.1) is 13.2 Å². The fraction of sp³-hybridized carbons (Fsp3) is 0.318. The van der Waals surface area contributed by atoms with Crippen molar-refractivity contribution in [3.63, 3.8) is 0 Å². The van der Waals surface area contributed by atoms with Gasteiger partial charge in [0, 0.05) is 24.1 Å². The Kier molecular flexibility index (Phi) is 6.49. The Morgan fingerprint density at radius 3 is 2.52 bits per heavy atom. The minimum absolute atomic E-state index is 0.0320. The maximum absolute atomic E-state index is 12.7. The average Bonchev–Trinajstić information content (AvgIpc) is 2.72. The number of aryl methyl sites for hydroxylation is 1. The number of rotatable bonds is 8. The highest BCUT2D eigenvalue weighted by Crippen LogP contribution is 2.31. The minimum Gasteiger partial charge on any atom is -0.490 e. The maximum atomic E-state index is 12.7. The van der Waals surface area contributed by atoms with Crippen molar-refractivity contribution in [1.82, 2.24) is 9.38 Å². The molecule has 7 heteroatoms. The van der Waals surface area contributed by atoms with Gasteiger partial charge in [0.25, 0.3) is 11.5 Å². The molecule has 3 rings (SSSR count). The van der Waals surface area contributed by atoms with Gasteiger partial charge in [-0.2, -0.15) is 0 Å². The van der Waals surface area contributed by atoms with Gasteiger partial charge in [-0.15, -0.1) is 0 Å². The Hall–Kier alpha value is -3.35. The molecule has 1 amide bonds. The normalized spacial score (nSPS) is 10.7. The summed E-state index contributed by atoms with van der Waals surface area (Å²) in [5.41, 5.74) is 1.46. The van der Waals surface area contributed by atoms with Crippen molar-refractivity contribution in [2.24, 2.45) is 0 Å². The van der Waals surface area contributed by atoms with Crippen LogP contribution in [0.1, 0.15) is 42.6 Å². The van der Waals surface area contributed by atoms with E-state index in [0.29, 0.717) is 36.0 Å². The first-order valence-corrected chi connectivity index (χ1v) is 9.72. The van der Waals surface area contributed by atoms with E-state index in [0.717, 1.165) is 18.4 Å². The molecule has 7 nitrogen and oxygen atoms in total. The number of pyridine rings is 1. The summed E-state index contributed by atoms with van der Waals surface area (Å²) in [5, 5.41) is 2.75. The lowest BCUT2D eigenvalue weighted by molar-refractivity contribution is 0.102. The first-order chi connectivity index (χ1) is 14.0. The summed E-state index contributed by atoms with van der Waals surface area (Å²) in [6.45, 7) is 7.03. The fourth-order valence-electron chi connectivity index (χ4n) is 2.78. The summed E-state index contributed by atoms with van der Waals surface area (Å²) in [5.74, 6) is 0.658. The molecule has 0 radical (unpaired) electrons. The number of carbonyl (C=O) groups is 1. The molecular formula is C22H25N3O4. The highest BCUT2D eigenvalue weighted by molar-refractivity contribution is 6.04. The molecule has 0 bridgehead atoms. The van der Waals surface area contributed by atoms with Crippen LogP contribution >= 0.6 is 0 Å². The zero-order valence-electron chi connectivity index (χ0n) is 16.9. The summed E-state index contributed by atoms with van der Waals surface area (Å²) in [6.07, 6.45) is 4.69. The van der Waals surface area contributed by atoms with E-state index in [4.69, 9.17) is 9.47 Å². The maximum Gasteiger partial charge on any atom is 0.270 e. The van der Waals surface area contributed by atoms with Crippen LogP contribution in [0.3, 0.4) is 0 Å². The molecule has 3 aromatic rings. The van der Waals surface area contributed by atoms with Gasteiger partial charge in [0.1, 0.15) is 11.2 Å². The number of aromatic nitrogens is 2. The average molecular weight is 395 g/mol. The second-order valence-corrected chi connectivity index (χ2v) is 6.72. The molecule has 0 saturated heterocycles.